The summed E-state index contributed by atoms with van der Waals surface area (Å²) in [5.41, 5.74) is 3.13. The van der Waals surface area contributed by atoms with E-state index in [0.29, 0.717) is 33.5 Å². The fourth-order valence-corrected chi connectivity index (χ4v) is 2.64. The van der Waals surface area contributed by atoms with Crippen molar-refractivity contribution in [2.45, 2.75) is 20.8 Å². The maximum atomic E-state index is 11.4. The zero-order valence-electron chi connectivity index (χ0n) is 14.5. The average Bonchev–Trinajstić information content (AvgIpc) is 3.06. The molecule has 0 radical (unpaired) electrons. The van der Waals surface area contributed by atoms with Gasteiger partial charge in [0.15, 0.2) is 5.76 Å². The molecule has 0 bridgehead atoms. The van der Waals surface area contributed by atoms with Crippen LogP contribution in [-0.2, 0) is 0 Å². The number of aromatic nitrogens is 1. The van der Waals surface area contributed by atoms with Gasteiger partial charge in [0.1, 0.15) is 0 Å². The number of nitrogens with zero attached hydrogens (tertiary/aromatic N) is 3. The third-order valence-electron chi connectivity index (χ3n) is 3.77. The molecule has 0 spiro atoms. The first kappa shape index (κ1) is 17.8. The molecule has 0 aliphatic rings. The highest BCUT2D eigenvalue weighted by molar-refractivity contribution is 6.30. The van der Waals surface area contributed by atoms with Crippen LogP contribution in [0.15, 0.2) is 52.0 Å². The van der Waals surface area contributed by atoms with Crippen LogP contribution in [0.25, 0.3) is 22.8 Å². The largest absolute Gasteiger partial charge is 0.436 e. The predicted octanol–water partition coefficient (Wildman–Crippen LogP) is 5.99. The maximum absolute atomic E-state index is 11.4. The van der Waals surface area contributed by atoms with Crippen molar-refractivity contribution in [2.75, 3.05) is 0 Å². The van der Waals surface area contributed by atoms with E-state index in [0.717, 1.165) is 11.3 Å². The number of nitro groups is 1. The van der Waals surface area contributed by atoms with E-state index in [-0.39, 0.29) is 5.69 Å². The molecular formula is C19H16ClN3O3. The maximum Gasteiger partial charge on any atom is 0.275 e. The number of nitro benzene ring substituents is 1. The lowest BCUT2D eigenvalue weighted by molar-refractivity contribution is -0.385. The molecule has 0 fully saturated rings. The number of halogens is 1. The Bertz CT molecular complexity index is 1000. The van der Waals surface area contributed by atoms with Gasteiger partial charge in [0, 0.05) is 27.9 Å². The lowest BCUT2D eigenvalue weighted by atomic mass is 10.1. The monoisotopic (exact) mass is 369 g/mol. The van der Waals surface area contributed by atoms with Crippen LogP contribution in [-0.4, -0.2) is 15.6 Å². The Morgan fingerprint density at radius 2 is 1.88 bits per heavy atom. The first-order valence-corrected chi connectivity index (χ1v) is 8.26. The van der Waals surface area contributed by atoms with E-state index in [1.165, 1.54) is 6.07 Å². The van der Waals surface area contributed by atoms with Crippen molar-refractivity contribution < 1.29 is 9.34 Å². The van der Waals surface area contributed by atoms with E-state index in [9.17, 15) is 10.1 Å². The van der Waals surface area contributed by atoms with Gasteiger partial charge < -0.3 is 4.42 Å². The number of rotatable bonds is 4. The van der Waals surface area contributed by atoms with E-state index in [4.69, 9.17) is 16.0 Å². The second kappa shape index (κ2) is 7.09. The van der Waals surface area contributed by atoms with Crippen molar-refractivity contribution in [2.24, 2.45) is 4.99 Å². The van der Waals surface area contributed by atoms with Gasteiger partial charge in [-0.2, -0.15) is 0 Å². The first-order chi connectivity index (χ1) is 12.3. The Morgan fingerprint density at radius 3 is 2.50 bits per heavy atom. The highest BCUT2D eigenvalue weighted by Gasteiger charge is 2.19. The summed E-state index contributed by atoms with van der Waals surface area (Å²) in [6.07, 6.45) is 1.58. The average molecular weight is 370 g/mol. The molecular weight excluding hydrogens is 354 g/mol. The van der Waals surface area contributed by atoms with Crippen LogP contribution in [0, 0.1) is 17.0 Å². The molecule has 132 valence electrons. The molecule has 1 aromatic heterocycles. The minimum atomic E-state index is -0.425. The molecule has 26 heavy (non-hydrogen) atoms. The van der Waals surface area contributed by atoms with Crippen molar-refractivity contribution >= 4 is 28.7 Å². The molecule has 3 rings (SSSR count). The van der Waals surface area contributed by atoms with Crippen molar-refractivity contribution in [3.8, 4) is 22.8 Å². The number of benzene rings is 2. The van der Waals surface area contributed by atoms with Crippen molar-refractivity contribution in [1.82, 2.24) is 4.98 Å². The normalized spacial score (nSPS) is 10.6. The van der Waals surface area contributed by atoms with E-state index in [2.05, 4.69) is 9.98 Å². The van der Waals surface area contributed by atoms with Gasteiger partial charge in [-0.1, -0.05) is 11.6 Å². The highest BCUT2D eigenvalue weighted by atomic mass is 35.5. The van der Waals surface area contributed by atoms with Crippen molar-refractivity contribution in [1.29, 1.82) is 0 Å². The SMILES string of the molecule is CC(C)=Nc1cc(-c2ncc(-c3ccc(Cl)cc3)o2)cc([N+](=O)[O-])c1C. The van der Waals surface area contributed by atoms with E-state index >= 15 is 0 Å². The fourth-order valence-electron chi connectivity index (χ4n) is 2.51. The number of aliphatic imine (C=N–C) groups is 1. The molecule has 0 atom stereocenters. The van der Waals surface area contributed by atoms with Crippen LogP contribution in [0.3, 0.4) is 0 Å². The van der Waals surface area contributed by atoms with E-state index in [1.807, 2.05) is 26.0 Å². The molecule has 6 nitrogen and oxygen atoms in total. The molecule has 2 aromatic carbocycles. The molecule has 0 N–H and O–H groups in total. The molecule has 0 amide bonds. The summed E-state index contributed by atoms with van der Waals surface area (Å²) < 4.78 is 5.80. The summed E-state index contributed by atoms with van der Waals surface area (Å²) in [5.74, 6) is 0.847. The van der Waals surface area contributed by atoms with Crippen LogP contribution in [0.2, 0.25) is 5.02 Å². The predicted molar refractivity (Wildman–Crippen MR) is 102 cm³/mol. The molecule has 0 saturated heterocycles. The van der Waals surface area contributed by atoms with Crippen LogP contribution in [0.5, 0.6) is 0 Å². The lowest BCUT2D eigenvalue weighted by Crippen LogP contribution is -1.94. The van der Waals surface area contributed by atoms with E-state index in [1.54, 1.807) is 31.3 Å². The second-order valence-corrected chi connectivity index (χ2v) is 6.43. The summed E-state index contributed by atoms with van der Waals surface area (Å²) in [5, 5.41) is 12.0. The van der Waals surface area contributed by atoms with Gasteiger partial charge >= 0.3 is 0 Å². The first-order valence-electron chi connectivity index (χ1n) is 7.88. The lowest BCUT2D eigenvalue weighted by Gasteiger charge is -2.05. The van der Waals surface area contributed by atoms with Gasteiger partial charge in [0.05, 0.1) is 22.4 Å². The summed E-state index contributed by atoms with van der Waals surface area (Å²) in [6, 6.07) is 10.4. The Balaban J connectivity index is 2.09. The molecule has 0 aliphatic heterocycles. The molecule has 0 saturated carbocycles. The molecule has 0 aliphatic carbocycles. The van der Waals surface area contributed by atoms with Crippen molar-refractivity contribution in [3.63, 3.8) is 0 Å². The smallest absolute Gasteiger partial charge is 0.275 e. The quantitative estimate of drug-likeness (QED) is 0.321. The van der Waals surface area contributed by atoms with E-state index < -0.39 is 4.92 Å². The summed E-state index contributed by atoms with van der Waals surface area (Å²) in [7, 11) is 0. The van der Waals surface area contributed by atoms with Crippen molar-refractivity contribution in [3.05, 3.63) is 63.3 Å². The number of oxazole rings is 1. The zero-order valence-corrected chi connectivity index (χ0v) is 15.2. The van der Waals surface area contributed by atoms with Crippen LogP contribution in [0.1, 0.15) is 19.4 Å². The molecule has 1 heterocycles. The standard InChI is InChI=1S/C19H16ClN3O3/c1-11(2)22-16-8-14(9-17(12(16)3)23(24)25)19-21-10-18(26-19)13-4-6-15(20)7-5-13/h4-10H,1-3H3. The van der Waals surface area contributed by atoms with Crippen LogP contribution < -0.4 is 0 Å². The van der Waals surface area contributed by atoms with Crippen LogP contribution >= 0.6 is 11.6 Å². The van der Waals surface area contributed by atoms with Gasteiger partial charge in [-0.3, -0.25) is 15.1 Å². The number of hydrogen-bond acceptors (Lipinski definition) is 5. The molecule has 3 aromatic rings. The van der Waals surface area contributed by atoms with Gasteiger partial charge in [-0.25, -0.2) is 4.98 Å². The summed E-state index contributed by atoms with van der Waals surface area (Å²) >= 11 is 5.90. The summed E-state index contributed by atoms with van der Waals surface area (Å²) in [6.45, 7) is 5.35. The Morgan fingerprint density at radius 1 is 1.19 bits per heavy atom. The third-order valence-corrected chi connectivity index (χ3v) is 4.03. The Hall–Kier alpha value is -2.99. The van der Waals surface area contributed by atoms with Gasteiger partial charge in [0.25, 0.3) is 5.69 Å². The minimum Gasteiger partial charge on any atom is -0.436 e. The zero-order chi connectivity index (χ0) is 18.8. The van der Waals surface area contributed by atoms with Gasteiger partial charge in [0.2, 0.25) is 5.89 Å². The topological polar surface area (TPSA) is 81.5 Å². The van der Waals surface area contributed by atoms with Crippen LogP contribution in [0.4, 0.5) is 11.4 Å². The molecule has 0 unspecified atom stereocenters. The second-order valence-electron chi connectivity index (χ2n) is 5.99. The Labute approximate surface area is 155 Å². The minimum absolute atomic E-state index is 0.0197. The third kappa shape index (κ3) is 3.65. The fraction of sp³-hybridized carbons (Fsp3) is 0.158. The number of hydrogen-bond donors (Lipinski definition) is 0. The Kier molecular flexibility index (Phi) is 4.86. The van der Waals surface area contributed by atoms with Gasteiger partial charge in [-0.05, 0) is 51.1 Å². The highest BCUT2D eigenvalue weighted by Crippen LogP contribution is 2.35. The summed E-state index contributed by atoms with van der Waals surface area (Å²) in [4.78, 5) is 19.6. The van der Waals surface area contributed by atoms with Gasteiger partial charge in [-0.15, -0.1) is 0 Å². The molecule has 7 heteroatoms.